The van der Waals surface area contributed by atoms with Crippen LogP contribution in [0.25, 0.3) is 10.9 Å². The van der Waals surface area contributed by atoms with Crippen LogP contribution in [-0.2, 0) is 7.05 Å². The Bertz CT molecular complexity index is 796. The molecule has 0 radical (unpaired) electrons. The normalized spacial score (nSPS) is 10.9. The van der Waals surface area contributed by atoms with Crippen molar-refractivity contribution in [1.82, 2.24) is 14.8 Å². The summed E-state index contributed by atoms with van der Waals surface area (Å²) >= 11 is 3.55. The van der Waals surface area contributed by atoms with Crippen molar-refractivity contribution >= 4 is 38.3 Å². The van der Waals surface area contributed by atoms with E-state index in [9.17, 15) is 0 Å². The van der Waals surface area contributed by atoms with Crippen molar-refractivity contribution in [2.24, 2.45) is 7.05 Å². The highest BCUT2D eigenvalue weighted by Gasteiger charge is 2.05. The summed E-state index contributed by atoms with van der Waals surface area (Å²) in [7, 11) is 1.91. The molecule has 3 aromatic rings. The Kier molecular flexibility index (Phi) is 4.29. The molecule has 0 unspecified atom stereocenters. The minimum absolute atomic E-state index is 0.799. The number of anilines is 2. The third-order valence-electron chi connectivity index (χ3n) is 3.46. The zero-order valence-electron chi connectivity index (χ0n) is 12.6. The molecule has 114 valence electrons. The van der Waals surface area contributed by atoms with Gasteiger partial charge in [-0.2, -0.15) is 5.10 Å². The summed E-state index contributed by atoms with van der Waals surface area (Å²) in [5.74, 6) is 0.891. The SMILES string of the molecule is Cc1cc(Br)cc2c(NCCNc3ccn(C)n3)ccnc12. The molecule has 3 rings (SSSR count). The molecule has 22 heavy (non-hydrogen) atoms. The average Bonchev–Trinajstić information content (AvgIpc) is 2.89. The fourth-order valence-corrected chi connectivity index (χ4v) is 3.01. The van der Waals surface area contributed by atoms with Crippen molar-refractivity contribution < 1.29 is 0 Å². The number of aryl methyl sites for hydroxylation is 2. The molecule has 0 spiro atoms. The van der Waals surface area contributed by atoms with Crippen LogP contribution in [0, 0.1) is 6.92 Å². The van der Waals surface area contributed by atoms with Gasteiger partial charge in [-0.15, -0.1) is 0 Å². The average molecular weight is 360 g/mol. The lowest BCUT2D eigenvalue weighted by atomic mass is 10.1. The van der Waals surface area contributed by atoms with Gasteiger partial charge >= 0.3 is 0 Å². The number of fused-ring (bicyclic) bond motifs is 1. The van der Waals surface area contributed by atoms with Crippen LogP contribution in [0.1, 0.15) is 5.56 Å². The summed E-state index contributed by atoms with van der Waals surface area (Å²) in [5.41, 5.74) is 3.29. The number of aromatic nitrogens is 3. The molecule has 0 atom stereocenters. The smallest absolute Gasteiger partial charge is 0.148 e. The fraction of sp³-hybridized carbons (Fsp3) is 0.250. The van der Waals surface area contributed by atoms with Gasteiger partial charge in [0.25, 0.3) is 0 Å². The lowest BCUT2D eigenvalue weighted by Gasteiger charge is -2.11. The van der Waals surface area contributed by atoms with Crippen molar-refractivity contribution in [3.63, 3.8) is 0 Å². The first-order chi connectivity index (χ1) is 10.6. The zero-order valence-corrected chi connectivity index (χ0v) is 14.2. The maximum Gasteiger partial charge on any atom is 0.148 e. The minimum Gasteiger partial charge on any atom is -0.383 e. The number of pyridine rings is 1. The van der Waals surface area contributed by atoms with Crippen LogP contribution >= 0.6 is 15.9 Å². The molecule has 0 saturated carbocycles. The van der Waals surface area contributed by atoms with Crippen LogP contribution in [-0.4, -0.2) is 27.9 Å². The molecule has 2 aromatic heterocycles. The topological polar surface area (TPSA) is 54.8 Å². The molecule has 1 aromatic carbocycles. The van der Waals surface area contributed by atoms with E-state index in [1.54, 1.807) is 4.68 Å². The first-order valence-corrected chi connectivity index (χ1v) is 7.95. The Balaban J connectivity index is 1.69. The Labute approximate surface area is 137 Å². The fourth-order valence-electron chi connectivity index (χ4n) is 2.44. The summed E-state index contributed by atoms with van der Waals surface area (Å²) in [5, 5.41) is 12.2. The quantitative estimate of drug-likeness (QED) is 0.683. The monoisotopic (exact) mass is 359 g/mol. The highest BCUT2D eigenvalue weighted by Crippen LogP contribution is 2.27. The molecule has 0 fully saturated rings. The van der Waals surface area contributed by atoms with Gasteiger partial charge in [-0.25, -0.2) is 0 Å². The Morgan fingerprint density at radius 3 is 2.77 bits per heavy atom. The first-order valence-electron chi connectivity index (χ1n) is 7.16. The Morgan fingerprint density at radius 2 is 2.00 bits per heavy atom. The first kappa shape index (κ1) is 14.8. The number of rotatable bonds is 5. The van der Waals surface area contributed by atoms with Crippen molar-refractivity contribution in [2.75, 3.05) is 23.7 Å². The van der Waals surface area contributed by atoms with Crippen LogP contribution in [0.2, 0.25) is 0 Å². The molecule has 2 N–H and O–H groups in total. The second kappa shape index (κ2) is 6.36. The van der Waals surface area contributed by atoms with Gasteiger partial charge in [0.15, 0.2) is 0 Å². The van der Waals surface area contributed by atoms with Gasteiger partial charge in [-0.05, 0) is 30.7 Å². The summed E-state index contributed by atoms with van der Waals surface area (Å²) in [4.78, 5) is 4.47. The van der Waals surface area contributed by atoms with E-state index in [1.807, 2.05) is 31.6 Å². The second-order valence-electron chi connectivity index (χ2n) is 5.21. The van der Waals surface area contributed by atoms with Crippen molar-refractivity contribution in [3.8, 4) is 0 Å². The summed E-state index contributed by atoms with van der Waals surface area (Å²) < 4.78 is 2.85. The predicted octanol–water partition coefficient (Wildman–Crippen LogP) is 3.56. The van der Waals surface area contributed by atoms with E-state index in [4.69, 9.17) is 0 Å². The Morgan fingerprint density at radius 1 is 1.18 bits per heavy atom. The molecule has 5 nitrogen and oxygen atoms in total. The lowest BCUT2D eigenvalue weighted by Crippen LogP contribution is -2.14. The summed E-state index contributed by atoms with van der Waals surface area (Å²) in [6.07, 6.45) is 3.77. The molecule has 6 heteroatoms. The van der Waals surface area contributed by atoms with Crippen LogP contribution in [0.3, 0.4) is 0 Å². The van der Waals surface area contributed by atoms with Gasteiger partial charge in [0.05, 0.1) is 5.52 Å². The van der Waals surface area contributed by atoms with Gasteiger partial charge in [-0.1, -0.05) is 15.9 Å². The molecule has 0 amide bonds. The third-order valence-corrected chi connectivity index (χ3v) is 3.92. The standard InChI is InChI=1S/C16H18BrN5/c1-11-9-12(17)10-13-14(3-5-20-16(11)13)18-6-7-19-15-4-8-22(2)21-15/h3-5,8-10H,6-7H2,1-2H3,(H,18,20)(H,19,21). The van der Waals surface area contributed by atoms with Crippen molar-refractivity contribution in [3.05, 3.63) is 46.7 Å². The van der Waals surface area contributed by atoms with E-state index < -0.39 is 0 Å². The second-order valence-corrected chi connectivity index (χ2v) is 6.12. The molecule has 0 aliphatic heterocycles. The maximum atomic E-state index is 4.47. The Hall–Kier alpha value is -2.08. The largest absolute Gasteiger partial charge is 0.383 e. The van der Waals surface area contributed by atoms with Crippen LogP contribution in [0.4, 0.5) is 11.5 Å². The molecular weight excluding hydrogens is 342 g/mol. The van der Waals surface area contributed by atoms with E-state index in [1.165, 1.54) is 5.56 Å². The molecular formula is C16H18BrN5. The number of hydrogen-bond acceptors (Lipinski definition) is 4. The van der Waals surface area contributed by atoms with E-state index in [0.29, 0.717) is 0 Å². The van der Waals surface area contributed by atoms with E-state index in [-0.39, 0.29) is 0 Å². The van der Waals surface area contributed by atoms with E-state index in [2.05, 4.69) is 55.7 Å². The van der Waals surface area contributed by atoms with Crippen LogP contribution in [0.5, 0.6) is 0 Å². The number of nitrogens with one attached hydrogen (secondary N) is 2. The number of halogens is 1. The number of nitrogens with zero attached hydrogens (tertiary/aromatic N) is 3. The molecule has 0 aliphatic rings. The van der Waals surface area contributed by atoms with Gasteiger partial charge in [0.2, 0.25) is 0 Å². The van der Waals surface area contributed by atoms with E-state index in [0.717, 1.165) is 40.0 Å². The third kappa shape index (κ3) is 3.22. The summed E-state index contributed by atoms with van der Waals surface area (Å²) in [6.45, 7) is 3.68. The molecule has 0 bridgehead atoms. The number of benzene rings is 1. The molecule has 0 saturated heterocycles. The van der Waals surface area contributed by atoms with Crippen LogP contribution < -0.4 is 10.6 Å². The predicted molar refractivity (Wildman–Crippen MR) is 94.4 cm³/mol. The molecule has 0 aliphatic carbocycles. The van der Waals surface area contributed by atoms with Crippen molar-refractivity contribution in [1.29, 1.82) is 0 Å². The number of hydrogen-bond donors (Lipinski definition) is 2. The highest BCUT2D eigenvalue weighted by atomic mass is 79.9. The maximum absolute atomic E-state index is 4.47. The minimum atomic E-state index is 0.799. The lowest BCUT2D eigenvalue weighted by molar-refractivity contribution is 0.768. The van der Waals surface area contributed by atoms with Crippen molar-refractivity contribution in [2.45, 2.75) is 6.92 Å². The highest BCUT2D eigenvalue weighted by molar-refractivity contribution is 9.10. The summed E-state index contributed by atoms with van der Waals surface area (Å²) in [6, 6.07) is 8.16. The molecule has 2 heterocycles. The van der Waals surface area contributed by atoms with Crippen LogP contribution in [0.15, 0.2) is 41.1 Å². The van der Waals surface area contributed by atoms with Gasteiger partial charge in [-0.3, -0.25) is 9.67 Å². The van der Waals surface area contributed by atoms with Gasteiger partial charge in [0, 0.05) is 54.1 Å². The van der Waals surface area contributed by atoms with Gasteiger partial charge in [0.1, 0.15) is 5.82 Å². The van der Waals surface area contributed by atoms with E-state index >= 15 is 0 Å². The van der Waals surface area contributed by atoms with Gasteiger partial charge < -0.3 is 10.6 Å². The zero-order chi connectivity index (χ0) is 15.5.